The van der Waals surface area contributed by atoms with Crippen molar-refractivity contribution >= 4 is 23.2 Å². The lowest BCUT2D eigenvalue weighted by molar-refractivity contribution is 0.316. The first-order chi connectivity index (χ1) is 11.6. The smallest absolute Gasteiger partial charge is 0.214 e. The fraction of sp³-hybridized carbons (Fsp3) is 0.111. The molecule has 118 valence electrons. The summed E-state index contributed by atoms with van der Waals surface area (Å²) in [6.07, 6.45) is 7.80. The van der Waals surface area contributed by atoms with E-state index in [0.717, 1.165) is 5.56 Å². The molecular formula is C18H13ClN4O. The van der Waals surface area contributed by atoms with E-state index in [4.69, 9.17) is 23.3 Å². The van der Waals surface area contributed by atoms with E-state index in [1.165, 1.54) is 0 Å². The Morgan fingerprint density at radius 3 is 2.62 bits per heavy atom. The van der Waals surface area contributed by atoms with Gasteiger partial charge in [0.1, 0.15) is 5.75 Å². The maximum absolute atomic E-state index is 10.6. The number of fused-ring (bicyclic) bond motifs is 1. The Morgan fingerprint density at radius 2 is 2.00 bits per heavy atom. The molecule has 24 heavy (non-hydrogen) atoms. The molecule has 0 saturated carbocycles. The second-order valence-corrected chi connectivity index (χ2v) is 5.65. The molecule has 0 spiro atoms. The van der Waals surface area contributed by atoms with Crippen molar-refractivity contribution in [2.24, 2.45) is 4.99 Å². The molecule has 2 N–H and O–H groups in total. The number of aliphatic imine (C=N–C) groups is 1. The lowest BCUT2D eigenvalue weighted by atomic mass is 9.79. The first-order valence-electron chi connectivity index (χ1n) is 7.09. The number of hydrogen-bond acceptors (Lipinski definition) is 5. The molecule has 0 amide bonds. The van der Waals surface area contributed by atoms with Gasteiger partial charge in [0.15, 0.2) is 11.7 Å². The van der Waals surface area contributed by atoms with Gasteiger partial charge < -0.3 is 10.0 Å². The SMILES string of the molecule is C#CC1(c2ccccc2)c2c(ccc(Cl)c2O)N=C(NC#N)N1C. The number of nitrogens with zero attached hydrogens (tertiary/aromatic N) is 3. The molecule has 0 radical (unpaired) electrons. The molecule has 0 bridgehead atoms. The number of guanidine groups is 1. The normalized spacial score (nSPS) is 18.8. The van der Waals surface area contributed by atoms with E-state index in [2.05, 4.69) is 16.2 Å². The Hall–Kier alpha value is -3.15. The number of terminal acetylenes is 1. The lowest BCUT2D eigenvalue weighted by Gasteiger charge is -2.43. The highest BCUT2D eigenvalue weighted by Crippen LogP contribution is 2.49. The summed E-state index contributed by atoms with van der Waals surface area (Å²) in [6.45, 7) is 0. The molecule has 2 aromatic carbocycles. The molecule has 6 heteroatoms. The number of halogens is 1. The number of phenolic OH excluding ortho intramolecular Hbond substituents is 1. The van der Waals surface area contributed by atoms with Crippen LogP contribution in [0.4, 0.5) is 5.69 Å². The van der Waals surface area contributed by atoms with Crippen molar-refractivity contribution in [1.82, 2.24) is 10.2 Å². The largest absolute Gasteiger partial charge is 0.506 e. The molecule has 0 saturated heterocycles. The molecule has 1 aliphatic heterocycles. The average molecular weight is 337 g/mol. The summed E-state index contributed by atoms with van der Waals surface area (Å²) in [4.78, 5) is 6.02. The predicted molar refractivity (Wildman–Crippen MR) is 92.8 cm³/mol. The van der Waals surface area contributed by atoms with Gasteiger partial charge in [0.25, 0.3) is 0 Å². The average Bonchev–Trinajstić information content (AvgIpc) is 2.61. The van der Waals surface area contributed by atoms with Gasteiger partial charge in [0.05, 0.1) is 16.3 Å². The third kappa shape index (κ3) is 2.07. The zero-order valence-electron chi connectivity index (χ0n) is 12.8. The number of nitriles is 1. The van der Waals surface area contributed by atoms with Crippen molar-refractivity contribution in [1.29, 1.82) is 5.26 Å². The standard InChI is InChI=1S/C18H13ClN4O/c1-3-18(12-7-5-4-6-8-12)15-14(10-9-13(19)16(15)24)22-17(21-11-20)23(18)2/h1,4-10,24H,2H3,(H,21,22). The minimum absolute atomic E-state index is 0.123. The van der Waals surface area contributed by atoms with Gasteiger partial charge >= 0.3 is 0 Å². The Bertz CT molecular complexity index is 911. The summed E-state index contributed by atoms with van der Waals surface area (Å²) in [6, 6.07) is 12.5. The molecule has 5 nitrogen and oxygen atoms in total. The van der Waals surface area contributed by atoms with Gasteiger partial charge in [-0.1, -0.05) is 47.9 Å². The van der Waals surface area contributed by atoms with Gasteiger partial charge in [-0.25, -0.2) is 4.99 Å². The van der Waals surface area contributed by atoms with Gasteiger partial charge in [-0.2, -0.15) is 5.26 Å². The summed E-state index contributed by atoms with van der Waals surface area (Å²) >= 11 is 6.11. The number of rotatable bonds is 1. The molecule has 3 rings (SSSR count). The Balaban J connectivity index is 2.42. The van der Waals surface area contributed by atoms with E-state index in [-0.39, 0.29) is 16.7 Å². The molecule has 1 atom stereocenters. The van der Waals surface area contributed by atoms with E-state index in [1.54, 1.807) is 24.1 Å². The highest BCUT2D eigenvalue weighted by molar-refractivity contribution is 6.32. The van der Waals surface area contributed by atoms with Crippen molar-refractivity contribution in [3.8, 4) is 24.3 Å². The van der Waals surface area contributed by atoms with Crippen LogP contribution in [0.2, 0.25) is 5.02 Å². The quantitative estimate of drug-likeness (QED) is 0.477. The zero-order chi connectivity index (χ0) is 17.3. The van der Waals surface area contributed by atoms with Crippen molar-refractivity contribution in [2.75, 3.05) is 7.05 Å². The molecule has 1 aliphatic rings. The van der Waals surface area contributed by atoms with Crippen LogP contribution in [0.5, 0.6) is 5.75 Å². The number of phenols is 1. The van der Waals surface area contributed by atoms with Crippen LogP contribution in [0.1, 0.15) is 11.1 Å². The highest BCUT2D eigenvalue weighted by Gasteiger charge is 2.45. The number of hydrogen-bond donors (Lipinski definition) is 2. The van der Waals surface area contributed by atoms with Crippen LogP contribution in [0, 0.1) is 23.8 Å². The monoisotopic (exact) mass is 336 g/mol. The van der Waals surface area contributed by atoms with Crippen LogP contribution in [0.3, 0.4) is 0 Å². The van der Waals surface area contributed by atoms with Crippen LogP contribution < -0.4 is 5.32 Å². The first kappa shape index (κ1) is 15.7. The zero-order valence-corrected chi connectivity index (χ0v) is 13.5. The fourth-order valence-electron chi connectivity index (χ4n) is 2.95. The van der Waals surface area contributed by atoms with E-state index >= 15 is 0 Å². The van der Waals surface area contributed by atoms with Gasteiger partial charge in [0, 0.05) is 7.05 Å². The van der Waals surface area contributed by atoms with Crippen LogP contribution in [0.25, 0.3) is 0 Å². The van der Waals surface area contributed by atoms with Crippen LogP contribution >= 0.6 is 11.6 Å². The van der Waals surface area contributed by atoms with Crippen molar-refractivity contribution < 1.29 is 5.11 Å². The Kier molecular flexibility index (Phi) is 3.81. The Labute approximate surface area is 144 Å². The summed E-state index contributed by atoms with van der Waals surface area (Å²) in [7, 11) is 1.71. The van der Waals surface area contributed by atoms with Gasteiger partial charge in [-0.05, 0) is 17.7 Å². The highest BCUT2D eigenvalue weighted by atomic mass is 35.5. The topological polar surface area (TPSA) is 71.6 Å². The molecule has 1 unspecified atom stereocenters. The van der Waals surface area contributed by atoms with Crippen LogP contribution in [0.15, 0.2) is 47.5 Å². The molecule has 0 aromatic heterocycles. The van der Waals surface area contributed by atoms with Gasteiger partial charge in [-0.15, -0.1) is 6.42 Å². The second-order valence-electron chi connectivity index (χ2n) is 5.24. The van der Waals surface area contributed by atoms with Gasteiger partial charge in [0.2, 0.25) is 5.96 Å². The van der Waals surface area contributed by atoms with Crippen molar-refractivity contribution in [3.05, 3.63) is 58.6 Å². The molecule has 2 aromatic rings. The summed E-state index contributed by atoms with van der Waals surface area (Å²) in [5, 5.41) is 22.3. The maximum atomic E-state index is 10.6. The van der Waals surface area contributed by atoms with E-state index in [9.17, 15) is 5.11 Å². The molecular weight excluding hydrogens is 324 g/mol. The first-order valence-corrected chi connectivity index (χ1v) is 7.47. The summed E-state index contributed by atoms with van der Waals surface area (Å²) in [5.74, 6) is 2.94. The second kappa shape index (κ2) is 5.81. The minimum Gasteiger partial charge on any atom is -0.506 e. The maximum Gasteiger partial charge on any atom is 0.214 e. The predicted octanol–water partition coefficient (Wildman–Crippen LogP) is 2.93. The van der Waals surface area contributed by atoms with E-state index in [0.29, 0.717) is 11.3 Å². The molecule has 1 heterocycles. The lowest BCUT2D eigenvalue weighted by Crippen LogP contribution is -2.52. The van der Waals surface area contributed by atoms with E-state index < -0.39 is 5.54 Å². The van der Waals surface area contributed by atoms with E-state index in [1.807, 2.05) is 36.5 Å². The Morgan fingerprint density at radius 1 is 1.29 bits per heavy atom. The van der Waals surface area contributed by atoms with Crippen LogP contribution in [-0.4, -0.2) is 23.0 Å². The van der Waals surface area contributed by atoms with Gasteiger partial charge in [-0.3, -0.25) is 5.32 Å². The third-order valence-electron chi connectivity index (χ3n) is 4.08. The summed E-state index contributed by atoms with van der Waals surface area (Å²) in [5.41, 5.74) is 0.456. The van der Waals surface area contributed by atoms with Crippen molar-refractivity contribution in [3.63, 3.8) is 0 Å². The number of nitrogens with one attached hydrogen (secondary N) is 1. The number of benzene rings is 2. The minimum atomic E-state index is -1.16. The van der Waals surface area contributed by atoms with Crippen molar-refractivity contribution in [2.45, 2.75) is 5.54 Å². The molecule has 0 fully saturated rings. The third-order valence-corrected chi connectivity index (χ3v) is 4.39. The number of aromatic hydroxyl groups is 1. The fourth-order valence-corrected chi connectivity index (χ4v) is 3.11. The molecule has 0 aliphatic carbocycles. The summed E-state index contributed by atoms with van der Waals surface area (Å²) < 4.78 is 0. The van der Waals surface area contributed by atoms with Crippen LogP contribution in [-0.2, 0) is 5.54 Å².